The number of aromatic nitrogens is 6. The van der Waals surface area contributed by atoms with E-state index < -0.39 is 0 Å². The van der Waals surface area contributed by atoms with Crippen molar-refractivity contribution in [1.82, 2.24) is 29.9 Å². The summed E-state index contributed by atoms with van der Waals surface area (Å²) < 4.78 is 0. The van der Waals surface area contributed by atoms with Gasteiger partial charge in [0, 0.05) is 62.6 Å². The number of hydrogen-bond acceptors (Lipinski definition) is 6. The van der Waals surface area contributed by atoms with E-state index >= 15 is 0 Å². The Morgan fingerprint density at radius 1 is 0.351 bits per heavy atom. The van der Waals surface area contributed by atoms with Gasteiger partial charge in [-0.15, -0.1) is 0 Å². The summed E-state index contributed by atoms with van der Waals surface area (Å²) >= 11 is 0. The van der Waals surface area contributed by atoms with E-state index in [0.29, 0.717) is 0 Å². The third kappa shape index (κ3) is 13.8. The molecule has 9 aromatic rings. The summed E-state index contributed by atoms with van der Waals surface area (Å²) in [6, 6.07) is 41.2. The molecule has 0 spiro atoms. The molecule has 296 valence electrons. The van der Waals surface area contributed by atoms with Gasteiger partial charge in [0.25, 0.3) is 0 Å². The molecule has 5 aromatic carbocycles. The van der Waals surface area contributed by atoms with Crippen molar-refractivity contribution in [3.8, 4) is 0 Å². The Bertz CT molecular complexity index is 2440. The molecule has 6 heteroatoms. The van der Waals surface area contributed by atoms with E-state index in [9.17, 15) is 0 Å². The van der Waals surface area contributed by atoms with Crippen molar-refractivity contribution in [2.45, 2.75) is 90.0 Å². The molecule has 0 fully saturated rings. The molecular weight excluding hydrogens is 697 g/mol. The predicted molar refractivity (Wildman–Crippen MR) is 249 cm³/mol. The number of benzene rings is 5. The van der Waals surface area contributed by atoms with Crippen LogP contribution in [0.1, 0.15) is 84.1 Å². The molecule has 0 atom stereocenters. The van der Waals surface area contributed by atoms with Gasteiger partial charge in [-0.25, -0.2) is 19.9 Å². The molecule has 0 unspecified atom stereocenters. The highest BCUT2D eigenvalue weighted by Gasteiger charge is 2.05. The van der Waals surface area contributed by atoms with E-state index in [1.54, 1.807) is 0 Å². The Labute approximate surface area is 341 Å². The molecule has 0 saturated heterocycles. The molecule has 0 amide bonds. The molecule has 9 rings (SSSR count). The Balaban J connectivity index is 0.000000250. The van der Waals surface area contributed by atoms with Crippen LogP contribution in [0.2, 0.25) is 0 Å². The van der Waals surface area contributed by atoms with E-state index in [1.165, 1.54) is 32.3 Å². The lowest BCUT2D eigenvalue weighted by atomic mass is 10.1. The molecule has 0 aliphatic heterocycles. The number of fused-ring (bicyclic) bond motifs is 6. The minimum absolute atomic E-state index is 0.823. The van der Waals surface area contributed by atoms with Gasteiger partial charge in [0.05, 0.1) is 11.0 Å². The largest absolute Gasteiger partial charge is 0.261 e. The van der Waals surface area contributed by atoms with Crippen LogP contribution >= 0.6 is 0 Å². The van der Waals surface area contributed by atoms with Gasteiger partial charge in [0.2, 0.25) is 0 Å². The predicted octanol–water partition coefficient (Wildman–Crippen LogP) is 14.5. The normalized spacial score (nSPS) is 9.49. The second-order valence-corrected chi connectivity index (χ2v) is 11.8. The second-order valence-electron chi connectivity index (χ2n) is 11.8. The number of pyridine rings is 2. The maximum atomic E-state index is 4.55. The van der Waals surface area contributed by atoms with Crippen molar-refractivity contribution in [3.63, 3.8) is 0 Å². The molecule has 0 aliphatic rings. The number of para-hydroxylation sites is 1. The van der Waals surface area contributed by atoms with E-state index in [1.807, 2.05) is 163 Å². The maximum Gasteiger partial charge on any atom is 0.126 e. The standard InChI is InChI=1S/C14H12N2.2C10H9N.C9H8N2.4C2H6/c1-9-12-8-7-11-5-3-4-6-13(11)14(12)16-10(2)15-9;1-8-6-9-4-2-3-5-10(9)7-11-8;1-8-10-5-3-2-4-9(10)6-7-11-8;1-7-10-6-8-4-2-3-5-9(8)11-7;4*1-2/h3-8H,1-2H3;2*2-7H,1H3;2-6H,1H3;4*1-2H3. The SMILES string of the molecule is CC.CC.CC.CC.Cc1cc2ccccc2cn1.Cc1nc(C)c2ccc3ccccc3c2n1.Cc1ncc2ccccc2n1.Cc1nccc2ccccc12. The van der Waals surface area contributed by atoms with Crippen molar-refractivity contribution in [2.24, 2.45) is 0 Å². The zero-order valence-corrected chi connectivity index (χ0v) is 36.5. The van der Waals surface area contributed by atoms with Crippen LogP contribution in [0.15, 0.2) is 140 Å². The summed E-state index contributed by atoms with van der Waals surface area (Å²) in [5, 5.41) is 9.65. The van der Waals surface area contributed by atoms with Crippen LogP contribution in [-0.4, -0.2) is 29.9 Å². The average molecular weight is 759 g/mol. The van der Waals surface area contributed by atoms with Crippen molar-refractivity contribution in [1.29, 1.82) is 0 Å². The molecule has 0 aliphatic carbocycles. The summed E-state index contributed by atoms with van der Waals surface area (Å²) in [6.07, 6.45) is 5.60. The quantitative estimate of drug-likeness (QED) is 0.143. The topological polar surface area (TPSA) is 77.3 Å². The second kappa shape index (κ2) is 25.8. The highest BCUT2D eigenvalue weighted by atomic mass is 14.9. The summed E-state index contributed by atoms with van der Waals surface area (Å²) in [7, 11) is 0. The van der Waals surface area contributed by atoms with Crippen LogP contribution in [0.4, 0.5) is 0 Å². The molecule has 57 heavy (non-hydrogen) atoms. The fourth-order valence-corrected chi connectivity index (χ4v) is 5.69. The highest BCUT2D eigenvalue weighted by molar-refractivity contribution is 6.05. The van der Waals surface area contributed by atoms with Crippen LogP contribution < -0.4 is 0 Å². The third-order valence-corrected chi connectivity index (χ3v) is 8.14. The van der Waals surface area contributed by atoms with Crippen molar-refractivity contribution in [3.05, 3.63) is 169 Å². The molecular formula is C51H62N6. The smallest absolute Gasteiger partial charge is 0.126 e. The minimum atomic E-state index is 0.823. The van der Waals surface area contributed by atoms with E-state index in [2.05, 4.69) is 96.6 Å². The number of aryl methyl sites for hydroxylation is 5. The first-order chi connectivity index (χ1) is 27.9. The van der Waals surface area contributed by atoms with Crippen LogP contribution in [0.3, 0.4) is 0 Å². The van der Waals surface area contributed by atoms with Crippen LogP contribution in [0.25, 0.3) is 54.1 Å². The Morgan fingerprint density at radius 3 is 1.53 bits per heavy atom. The third-order valence-electron chi connectivity index (χ3n) is 8.14. The Hall–Kier alpha value is -6.14. The van der Waals surface area contributed by atoms with Gasteiger partial charge in [-0.3, -0.25) is 9.97 Å². The summed E-state index contributed by atoms with van der Waals surface area (Å²) in [6.45, 7) is 25.9. The lowest BCUT2D eigenvalue weighted by Gasteiger charge is -2.05. The van der Waals surface area contributed by atoms with Crippen molar-refractivity contribution in [2.75, 3.05) is 0 Å². The van der Waals surface area contributed by atoms with E-state index in [4.69, 9.17) is 0 Å². The first kappa shape index (κ1) is 47.0. The summed E-state index contributed by atoms with van der Waals surface area (Å²) in [5.74, 6) is 1.66. The van der Waals surface area contributed by atoms with E-state index in [0.717, 1.165) is 50.5 Å². The van der Waals surface area contributed by atoms with Crippen LogP contribution in [-0.2, 0) is 0 Å². The van der Waals surface area contributed by atoms with Crippen molar-refractivity contribution < 1.29 is 0 Å². The summed E-state index contributed by atoms with van der Waals surface area (Å²) in [5.41, 5.74) is 5.29. The van der Waals surface area contributed by atoms with Gasteiger partial charge < -0.3 is 0 Å². The van der Waals surface area contributed by atoms with Crippen LogP contribution in [0.5, 0.6) is 0 Å². The number of hydrogen-bond donors (Lipinski definition) is 0. The molecule has 4 heterocycles. The highest BCUT2D eigenvalue weighted by Crippen LogP contribution is 2.25. The maximum absolute atomic E-state index is 4.55. The number of rotatable bonds is 0. The monoisotopic (exact) mass is 759 g/mol. The molecule has 0 radical (unpaired) electrons. The van der Waals surface area contributed by atoms with Gasteiger partial charge in [0.15, 0.2) is 0 Å². The molecule has 0 N–H and O–H groups in total. The zero-order valence-electron chi connectivity index (χ0n) is 36.5. The molecule has 6 nitrogen and oxygen atoms in total. The fourth-order valence-electron chi connectivity index (χ4n) is 5.69. The van der Waals surface area contributed by atoms with Gasteiger partial charge in [0.1, 0.15) is 11.6 Å². The summed E-state index contributed by atoms with van der Waals surface area (Å²) in [4.78, 5) is 25.7. The average Bonchev–Trinajstić information content (AvgIpc) is 3.27. The lowest BCUT2D eigenvalue weighted by Crippen LogP contribution is -1.93. The molecule has 4 aromatic heterocycles. The van der Waals surface area contributed by atoms with Crippen molar-refractivity contribution >= 4 is 54.1 Å². The van der Waals surface area contributed by atoms with Gasteiger partial charge in [-0.1, -0.05) is 159 Å². The van der Waals surface area contributed by atoms with Crippen LogP contribution in [0, 0.1) is 34.6 Å². The van der Waals surface area contributed by atoms with E-state index in [-0.39, 0.29) is 0 Å². The van der Waals surface area contributed by atoms with Gasteiger partial charge >= 0.3 is 0 Å². The Kier molecular flexibility index (Phi) is 21.3. The molecule has 0 bridgehead atoms. The first-order valence-corrected chi connectivity index (χ1v) is 20.3. The molecule has 0 saturated carbocycles. The zero-order chi connectivity index (χ0) is 42.2. The number of nitrogens with zero attached hydrogens (tertiary/aromatic N) is 6. The first-order valence-electron chi connectivity index (χ1n) is 20.3. The Morgan fingerprint density at radius 2 is 0.877 bits per heavy atom. The van der Waals surface area contributed by atoms with Gasteiger partial charge in [-0.05, 0) is 69.0 Å². The minimum Gasteiger partial charge on any atom is -0.261 e. The van der Waals surface area contributed by atoms with Gasteiger partial charge in [-0.2, -0.15) is 0 Å². The fraction of sp³-hybridized carbons (Fsp3) is 0.255. The lowest BCUT2D eigenvalue weighted by molar-refractivity contribution is 1.05.